The second-order valence-corrected chi connectivity index (χ2v) is 5.27. The largest absolute Gasteiger partial charge is 0.390 e. The Hall–Kier alpha value is -0.820. The summed E-state index contributed by atoms with van der Waals surface area (Å²) < 4.78 is 39.2. The number of alkyl halides is 4. The van der Waals surface area contributed by atoms with E-state index >= 15 is 0 Å². The van der Waals surface area contributed by atoms with Crippen LogP contribution >= 0.6 is 27.5 Å². The molecule has 2 heterocycles. The molecule has 0 aliphatic carbocycles. The van der Waals surface area contributed by atoms with Gasteiger partial charge in [-0.1, -0.05) is 0 Å². The molecule has 3 nitrogen and oxygen atoms in total. The molecular weight excluding hydrogens is 346 g/mol. The van der Waals surface area contributed by atoms with Crippen molar-refractivity contribution in [1.29, 1.82) is 0 Å². The SMILES string of the molecule is FC(F)(F)CCn1c(CCCl)nc2cc(Br)cnc21. The van der Waals surface area contributed by atoms with Gasteiger partial charge in [0.2, 0.25) is 0 Å². The molecule has 0 N–H and O–H groups in total. The average molecular weight is 357 g/mol. The van der Waals surface area contributed by atoms with Crippen LogP contribution < -0.4 is 0 Å². The Labute approximate surface area is 120 Å². The van der Waals surface area contributed by atoms with Gasteiger partial charge in [0.1, 0.15) is 11.3 Å². The normalized spacial score (nSPS) is 12.3. The van der Waals surface area contributed by atoms with Gasteiger partial charge in [0, 0.05) is 29.5 Å². The molecule has 0 aromatic carbocycles. The molecule has 2 rings (SSSR count). The quantitative estimate of drug-likeness (QED) is 0.777. The van der Waals surface area contributed by atoms with Crippen LogP contribution in [0.5, 0.6) is 0 Å². The van der Waals surface area contributed by atoms with E-state index in [1.165, 1.54) is 4.57 Å². The first kappa shape index (κ1) is 14.6. The van der Waals surface area contributed by atoms with Crippen molar-refractivity contribution in [2.75, 3.05) is 5.88 Å². The van der Waals surface area contributed by atoms with E-state index in [2.05, 4.69) is 25.9 Å². The molecule has 0 aliphatic rings. The molecule has 0 amide bonds. The van der Waals surface area contributed by atoms with E-state index in [0.717, 1.165) is 4.47 Å². The standard InChI is InChI=1S/C11H10BrClF3N3/c12-7-5-8-10(17-6-7)19(4-2-11(14,15)16)9(18-8)1-3-13/h5-6H,1-4H2. The summed E-state index contributed by atoms with van der Waals surface area (Å²) in [6, 6.07) is 1.73. The zero-order valence-corrected chi connectivity index (χ0v) is 12.1. The third-order valence-corrected chi connectivity index (χ3v) is 3.19. The summed E-state index contributed by atoms with van der Waals surface area (Å²) in [4.78, 5) is 8.41. The predicted molar refractivity (Wildman–Crippen MR) is 70.3 cm³/mol. The second-order valence-electron chi connectivity index (χ2n) is 3.98. The minimum absolute atomic E-state index is 0.194. The van der Waals surface area contributed by atoms with Crippen molar-refractivity contribution in [3.63, 3.8) is 0 Å². The Morgan fingerprint density at radius 3 is 2.74 bits per heavy atom. The smallest absolute Gasteiger partial charge is 0.312 e. The zero-order valence-electron chi connectivity index (χ0n) is 9.71. The second kappa shape index (κ2) is 5.66. The van der Waals surface area contributed by atoms with Crippen LogP contribution in [0.3, 0.4) is 0 Å². The molecule has 0 aliphatic heterocycles. The monoisotopic (exact) mass is 355 g/mol. The molecule has 8 heteroatoms. The fraction of sp³-hybridized carbons (Fsp3) is 0.455. The van der Waals surface area contributed by atoms with Crippen molar-refractivity contribution < 1.29 is 13.2 Å². The van der Waals surface area contributed by atoms with E-state index in [9.17, 15) is 13.2 Å². The highest BCUT2D eigenvalue weighted by Gasteiger charge is 2.27. The van der Waals surface area contributed by atoms with Gasteiger partial charge in [-0.15, -0.1) is 11.6 Å². The van der Waals surface area contributed by atoms with Crippen LogP contribution in [0.1, 0.15) is 12.2 Å². The molecular formula is C11H10BrClF3N3. The maximum absolute atomic E-state index is 12.3. The van der Waals surface area contributed by atoms with Crippen LogP contribution in [-0.2, 0) is 13.0 Å². The lowest BCUT2D eigenvalue weighted by Crippen LogP contribution is -2.14. The number of imidazole rings is 1. The molecule has 0 fully saturated rings. The number of aromatic nitrogens is 3. The van der Waals surface area contributed by atoms with Gasteiger partial charge in [0.25, 0.3) is 0 Å². The van der Waals surface area contributed by atoms with Gasteiger partial charge < -0.3 is 4.57 Å². The van der Waals surface area contributed by atoms with Gasteiger partial charge in [-0.2, -0.15) is 13.2 Å². The maximum Gasteiger partial charge on any atom is 0.390 e. The number of rotatable bonds is 4. The minimum atomic E-state index is -4.20. The summed E-state index contributed by atoms with van der Waals surface area (Å²) in [5.74, 6) is 0.830. The van der Waals surface area contributed by atoms with Crippen molar-refractivity contribution in [1.82, 2.24) is 14.5 Å². The van der Waals surface area contributed by atoms with Gasteiger partial charge in [0.15, 0.2) is 5.65 Å². The number of hydrogen-bond acceptors (Lipinski definition) is 2. The third kappa shape index (κ3) is 3.60. The maximum atomic E-state index is 12.3. The fourth-order valence-electron chi connectivity index (χ4n) is 1.78. The average Bonchev–Trinajstić information content (AvgIpc) is 2.62. The first-order valence-corrected chi connectivity index (χ1v) is 6.87. The highest BCUT2D eigenvalue weighted by molar-refractivity contribution is 9.10. The Morgan fingerprint density at radius 1 is 1.37 bits per heavy atom. The molecule has 0 atom stereocenters. The molecule has 0 unspecified atom stereocenters. The highest BCUT2D eigenvalue weighted by Crippen LogP contribution is 2.24. The van der Waals surface area contributed by atoms with Crippen LogP contribution in [-0.4, -0.2) is 26.6 Å². The van der Waals surface area contributed by atoms with Crippen molar-refractivity contribution in [2.45, 2.75) is 25.6 Å². The molecule has 0 radical (unpaired) electrons. The number of pyridine rings is 1. The summed E-state index contributed by atoms with van der Waals surface area (Å²) in [7, 11) is 0. The van der Waals surface area contributed by atoms with E-state index in [0.29, 0.717) is 29.3 Å². The number of aryl methyl sites for hydroxylation is 2. The first-order chi connectivity index (χ1) is 8.90. The summed E-state index contributed by atoms with van der Waals surface area (Å²) in [5, 5.41) is 0. The van der Waals surface area contributed by atoms with Gasteiger partial charge in [-0.05, 0) is 22.0 Å². The Morgan fingerprint density at radius 2 is 2.11 bits per heavy atom. The summed E-state index contributed by atoms with van der Waals surface area (Å²) in [6.45, 7) is -0.194. The van der Waals surface area contributed by atoms with Crippen LogP contribution in [0.25, 0.3) is 11.2 Å². The lowest BCUT2D eigenvalue weighted by molar-refractivity contribution is -0.136. The van der Waals surface area contributed by atoms with Crippen molar-refractivity contribution >= 4 is 38.7 Å². The van der Waals surface area contributed by atoms with Crippen molar-refractivity contribution in [3.8, 4) is 0 Å². The fourth-order valence-corrected chi connectivity index (χ4v) is 2.27. The molecule has 2 aromatic rings. The number of halogens is 5. The number of nitrogens with zero attached hydrogens (tertiary/aromatic N) is 3. The lowest BCUT2D eigenvalue weighted by Gasteiger charge is -2.10. The van der Waals surface area contributed by atoms with Gasteiger partial charge >= 0.3 is 6.18 Å². The molecule has 19 heavy (non-hydrogen) atoms. The predicted octanol–water partition coefficient (Wildman–Crippen LogP) is 3.93. The molecule has 0 bridgehead atoms. The summed E-state index contributed by atoms with van der Waals surface area (Å²) >= 11 is 8.91. The van der Waals surface area contributed by atoms with E-state index in [1.54, 1.807) is 12.3 Å². The number of hydrogen-bond donors (Lipinski definition) is 0. The summed E-state index contributed by atoms with van der Waals surface area (Å²) in [5.41, 5.74) is 1.02. The minimum Gasteiger partial charge on any atom is -0.312 e. The van der Waals surface area contributed by atoms with Crippen LogP contribution in [0.15, 0.2) is 16.7 Å². The third-order valence-electron chi connectivity index (χ3n) is 2.57. The topological polar surface area (TPSA) is 30.7 Å². The molecule has 0 saturated carbocycles. The van der Waals surface area contributed by atoms with Crippen LogP contribution in [0, 0.1) is 0 Å². The van der Waals surface area contributed by atoms with Gasteiger partial charge in [0.05, 0.1) is 6.42 Å². The van der Waals surface area contributed by atoms with Gasteiger partial charge in [-0.3, -0.25) is 0 Å². The van der Waals surface area contributed by atoms with E-state index in [-0.39, 0.29) is 6.54 Å². The zero-order chi connectivity index (χ0) is 14.0. The first-order valence-electron chi connectivity index (χ1n) is 5.54. The molecule has 0 spiro atoms. The number of fused-ring (bicyclic) bond motifs is 1. The molecule has 2 aromatic heterocycles. The van der Waals surface area contributed by atoms with E-state index in [4.69, 9.17) is 11.6 Å². The van der Waals surface area contributed by atoms with Crippen LogP contribution in [0.2, 0.25) is 0 Å². The van der Waals surface area contributed by atoms with Crippen LogP contribution in [0.4, 0.5) is 13.2 Å². The van der Waals surface area contributed by atoms with E-state index in [1.807, 2.05) is 0 Å². The lowest BCUT2D eigenvalue weighted by atomic mass is 10.3. The van der Waals surface area contributed by atoms with E-state index < -0.39 is 12.6 Å². The van der Waals surface area contributed by atoms with Gasteiger partial charge in [-0.25, -0.2) is 9.97 Å². The molecule has 0 saturated heterocycles. The highest BCUT2D eigenvalue weighted by atomic mass is 79.9. The van der Waals surface area contributed by atoms with Crippen molar-refractivity contribution in [3.05, 3.63) is 22.6 Å². The van der Waals surface area contributed by atoms with Crippen molar-refractivity contribution in [2.24, 2.45) is 0 Å². The Bertz CT molecular complexity index is 582. The Kier molecular flexibility index (Phi) is 4.35. The molecule has 104 valence electrons. The summed E-state index contributed by atoms with van der Waals surface area (Å²) in [6.07, 6.45) is -3.17. The Balaban J connectivity index is 2.40.